The predicted octanol–water partition coefficient (Wildman–Crippen LogP) is 3.95. The lowest BCUT2D eigenvalue weighted by atomic mass is 10.1. The van der Waals surface area contributed by atoms with E-state index in [9.17, 15) is 4.79 Å². The molecule has 0 radical (unpaired) electrons. The Labute approximate surface area is 159 Å². The van der Waals surface area contributed by atoms with Crippen molar-refractivity contribution in [2.75, 3.05) is 11.9 Å². The normalized spacial score (nSPS) is 10.5. The van der Waals surface area contributed by atoms with Crippen molar-refractivity contribution in [2.45, 2.75) is 0 Å². The van der Waals surface area contributed by atoms with Crippen LogP contribution >= 0.6 is 11.3 Å². The number of rotatable bonds is 5. The van der Waals surface area contributed by atoms with Gasteiger partial charge in [0.2, 0.25) is 0 Å². The number of nitriles is 1. The Hall–Kier alpha value is -3.63. The van der Waals surface area contributed by atoms with E-state index in [0.717, 1.165) is 16.2 Å². The summed E-state index contributed by atoms with van der Waals surface area (Å²) in [6.45, 7) is -0.106. The van der Waals surface area contributed by atoms with E-state index in [1.165, 1.54) is 0 Å². The lowest BCUT2D eigenvalue weighted by molar-refractivity contribution is -0.118. The second-order valence-corrected chi connectivity index (χ2v) is 6.64. The monoisotopic (exact) mass is 374 g/mol. The van der Waals surface area contributed by atoms with Crippen molar-refractivity contribution in [1.82, 2.24) is 9.38 Å². The molecule has 1 amide bonds. The Bertz CT molecular complexity index is 1090. The number of nitrogens with zero attached hydrogens (tertiary/aromatic N) is 3. The van der Waals surface area contributed by atoms with E-state index in [1.54, 1.807) is 35.6 Å². The molecule has 2 aromatic heterocycles. The first kappa shape index (κ1) is 16.8. The number of hydrogen-bond acceptors (Lipinski definition) is 5. The standard InChI is InChI=1S/C20H14N4O2S/c21-11-14-1-7-17(8-2-14)26-13-19(25)22-16-5-3-15(4-6-16)18-12-24-9-10-27-20(24)23-18/h1-10,12H,13H2,(H,22,25). The average Bonchev–Trinajstić information content (AvgIpc) is 3.30. The minimum Gasteiger partial charge on any atom is -0.484 e. The molecule has 6 nitrogen and oxygen atoms in total. The van der Waals surface area contributed by atoms with Gasteiger partial charge in [-0.2, -0.15) is 5.26 Å². The molecule has 132 valence electrons. The molecule has 4 rings (SSSR count). The third-order valence-electron chi connectivity index (χ3n) is 3.91. The summed E-state index contributed by atoms with van der Waals surface area (Å²) in [6, 6.07) is 16.2. The fraction of sp³-hybridized carbons (Fsp3) is 0.0500. The zero-order chi connectivity index (χ0) is 18.6. The number of anilines is 1. The summed E-state index contributed by atoms with van der Waals surface area (Å²) < 4.78 is 7.41. The second-order valence-electron chi connectivity index (χ2n) is 5.77. The quantitative estimate of drug-likeness (QED) is 0.574. The number of fused-ring (bicyclic) bond motifs is 1. The van der Waals surface area contributed by atoms with Gasteiger partial charge in [-0.3, -0.25) is 9.20 Å². The highest BCUT2D eigenvalue weighted by Gasteiger charge is 2.07. The Morgan fingerprint density at radius 1 is 1.19 bits per heavy atom. The summed E-state index contributed by atoms with van der Waals surface area (Å²) in [4.78, 5) is 17.6. The molecule has 0 aliphatic carbocycles. The Morgan fingerprint density at radius 3 is 2.67 bits per heavy atom. The van der Waals surface area contributed by atoms with Crippen LogP contribution in [0, 0.1) is 11.3 Å². The molecular weight excluding hydrogens is 360 g/mol. The second kappa shape index (κ2) is 7.32. The molecule has 0 aliphatic rings. The van der Waals surface area contributed by atoms with Gasteiger partial charge in [0.15, 0.2) is 11.6 Å². The highest BCUT2D eigenvalue weighted by atomic mass is 32.1. The number of carbonyl (C=O) groups excluding carboxylic acids is 1. The van der Waals surface area contributed by atoms with E-state index in [1.807, 2.05) is 52.5 Å². The highest BCUT2D eigenvalue weighted by Crippen LogP contribution is 2.23. The Morgan fingerprint density at radius 2 is 1.96 bits per heavy atom. The van der Waals surface area contributed by atoms with Crippen molar-refractivity contribution in [1.29, 1.82) is 5.26 Å². The molecule has 0 saturated heterocycles. The van der Waals surface area contributed by atoms with Crippen LogP contribution in [0.4, 0.5) is 5.69 Å². The Kier molecular flexibility index (Phi) is 4.56. The van der Waals surface area contributed by atoms with Gasteiger partial charge in [0, 0.05) is 29.0 Å². The van der Waals surface area contributed by atoms with Gasteiger partial charge in [0.1, 0.15) is 5.75 Å². The minimum atomic E-state index is -0.255. The van der Waals surface area contributed by atoms with E-state index in [-0.39, 0.29) is 12.5 Å². The van der Waals surface area contributed by atoms with Crippen molar-refractivity contribution in [3.63, 3.8) is 0 Å². The molecule has 2 heterocycles. The molecule has 2 aromatic carbocycles. The van der Waals surface area contributed by atoms with Crippen LogP contribution in [0.5, 0.6) is 5.75 Å². The van der Waals surface area contributed by atoms with Crippen LogP contribution in [0.2, 0.25) is 0 Å². The van der Waals surface area contributed by atoms with E-state index >= 15 is 0 Å². The summed E-state index contributed by atoms with van der Waals surface area (Å²) in [5.41, 5.74) is 3.11. The summed E-state index contributed by atoms with van der Waals surface area (Å²) >= 11 is 1.59. The smallest absolute Gasteiger partial charge is 0.262 e. The highest BCUT2D eigenvalue weighted by molar-refractivity contribution is 7.15. The number of thiazole rings is 1. The summed E-state index contributed by atoms with van der Waals surface area (Å²) in [5, 5.41) is 13.6. The molecular formula is C20H14N4O2S. The maximum absolute atomic E-state index is 12.0. The minimum absolute atomic E-state index is 0.106. The number of aromatic nitrogens is 2. The Balaban J connectivity index is 1.35. The van der Waals surface area contributed by atoms with Crippen molar-refractivity contribution in [3.05, 3.63) is 71.9 Å². The first-order valence-corrected chi connectivity index (χ1v) is 9.05. The molecule has 27 heavy (non-hydrogen) atoms. The maximum Gasteiger partial charge on any atom is 0.262 e. The van der Waals surface area contributed by atoms with Gasteiger partial charge in [-0.15, -0.1) is 11.3 Å². The average molecular weight is 374 g/mol. The first-order valence-electron chi connectivity index (χ1n) is 8.17. The number of nitrogens with one attached hydrogen (secondary N) is 1. The molecule has 0 aliphatic heterocycles. The number of hydrogen-bond donors (Lipinski definition) is 1. The van der Waals surface area contributed by atoms with Gasteiger partial charge >= 0.3 is 0 Å². The predicted molar refractivity (Wildman–Crippen MR) is 104 cm³/mol. The molecule has 0 fully saturated rings. The largest absolute Gasteiger partial charge is 0.484 e. The molecule has 0 spiro atoms. The topological polar surface area (TPSA) is 79.4 Å². The lowest BCUT2D eigenvalue weighted by Crippen LogP contribution is -2.20. The van der Waals surface area contributed by atoms with Gasteiger partial charge in [0.05, 0.1) is 17.3 Å². The van der Waals surface area contributed by atoms with E-state index < -0.39 is 0 Å². The third kappa shape index (κ3) is 3.81. The number of ether oxygens (including phenoxy) is 1. The van der Waals surface area contributed by atoms with Crippen molar-refractivity contribution >= 4 is 27.9 Å². The molecule has 1 N–H and O–H groups in total. The van der Waals surface area contributed by atoms with Crippen LogP contribution in [-0.4, -0.2) is 21.9 Å². The molecule has 0 saturated carbocycles. The van der Waals surface area contributed by atoms with Crippen LogP contribution < -0.4 is 10.1 Å². The van der Waals surface area contributed by atoms with Gasteiger partial charge in [-0.05, 0) is 36.4 Å². The van der Waals surface area contributed by atoms with Crippen molar-refractivity contribution in [2.24, 2.45) is 0 Å². The molecule has 0 unspecified atom stereocenters. The summed E-state index contributed by atoms with van der Waals surface area (Å²) in [6.07, 6.45) is 3.95. The fourth-order valence-corrected chi connectivity index (χ4v) is 3.26. The van der Waals surface area contributed by atoms with E-state index in [2.05, 4.69) is 10.3 Å². The lowest BCUT2D eigenvalue weighted by Gasteiger charge is -2.08. The third-order valence-corrected chi connectivity index (χ3v) is 4.68. The van der Waals surface area contributed by atoms with Crippen LogP contribution in [0.1, 0.15) is 5.56 Å². The molecule has 0 bridgehead atoms. The van der Waals surface area contributed by atoms with Crippen molar-refractivity contribution in [3.8, 4) is 23.1 Å². The molecule has 4 aromatic rings. The van der Waals surface area contributed by atoms with E-state index in [0.29, 0.717) is 17.0 Å². The summed E-state index contributed by atoms with van der Waals surface area (Å²) in [7, 11) is 0. The number of amides is 1. The summed E-state index contributed by atoms with van der Waals surface area (Å²) in [5.74, 6) is 0.286. The zero-order valence-corrected chi connectivity index (χ0v) is 14.9. The number of imidazole rings is 1. The van der Waals surface area contributed by atoms with Crippen LogP contribution in [0.15, 0.2) is 66.3 Å². The van der Waals surface area contributed by atoms with Gasteiger partial charge < -0.3 is 10.1 Å². The fourth-order valence-electron chi connectivity index (χ4n) is 2.56. The molecule has 7 heteroatoms. The van der Waals surface area contributed by atoms with Crippen molar-refractivity contribution < 1.29 is 9.53 Å². The van der Waals surface area contributed by atoms with Crippen LogP contribution in [0.3, 0.4) is 0 Å². The van der Waals surface area contributed by atoms with E-state index in [4.69, 9.17) is 10.00 Å². The van der Waals surface area contributed by atoms with Crippen LogP contribution in [0.25, 0.3) is 16.2 Å². The van der Waals surface area contributed by atoms with Gasteiger partial charge in [0.25, 0.3) is 5.91 Å². The zero-order valence-electron chi connectivity index (χ0n) is 14.1. The maximum atomic E-state index is 12.0. The number of benzene rings is 2. The first-order chi connectivity index (χ1) is 13.2. The van der Waals surface area contributed by atoms with Gasteiger partial charge in [-0.1, -0.05) is 12.1 Å². The number of carbonyl (C=O) groups is 1. The van der Waals surface area contributed by atoms with Crippen LogP contribution in [-0.2, 0) is 4.79 Å². The molecule has 0 atom stereocenters. The SMILES string of the molecule is N#Cc1ccc(OCC(=O)Nc2ccc(-c3cn4ccsc4n3)cc2)cc1. The van der Waals surface area contributed by atoms with Gasteiger partial charge in [-0.25, -0.2) is 4.98 Å².